The number of hydrogen-bond donors (Lipinski definition) is 1. The summed E-state index contributed by atoms with van der Waals surface area (Å²) in [6.07, 6.45) is 3.44. The molecule has 1 fully saturated rings. The predicted octanol–water partition coefficient (Wildman–Crippen LogP) is 3.36. The number of nitrogens with zero attached hydrogens (tertiary/aromatic N) is 3. The van der Waals surface area contributed by atoms with Crippen LogP contribution < -0.4 is 10.6 Å². The quantitative estimate of drug-likeness (QED) is 0.722. The number of primary amides is 1. The number of rotatable bonds is 5. The Labute approximate surface area is 170 Å². The van der Waals surface area contributed by atoms with Crippen molar-refractivity contribution < 1.29 is 9.53 Å². The van der Waals surface area contributed by atoms with Crippen molar-refractivity contribution in [3.63, 3.8) is 0 Å². The molecule has 0 unspecified atom stereocenters. The van der Waals surface area contributed by atoms with E-state index in [4.69, 9.17) is 15.5 Å². The Hall–Kier alpha value is -2.99. The van der Waals surface area contributed by atoms with Crippen LogP contribution in [0, 0.1) is 0 Å². The minimum atomic E-state index is -0.388. The van der Waals surface area contributed by atoms with E-state index in [-0.39, 0.29) is 5.91 Å². The average molecular weight is 390 g/mol. The third-order valence-electron chi connectivity index (χ3n) is 5.55. The van der Waals surface area contributed by atoms with Gasteiger partial charge < -0.3 is 15.4 Å². The summed E-state index contributed by atoms with van der Waals surface area (Å²) in [5.41, 5.74) is 12.3. The molecule has 1 aromatic heterocycles. The minimum Gasteiger partial charge on any atom is -0.378 e. The van der Waals surface area contributed by atoms with Gasteiger partial charge in [0.1, 0.15) is 5.82 Å². The number of nitrogens with two attached hydrogens (primary N) is 1. The fraction of sp³-hybridized carbons (Fsp3) is 0.348. The Morgan fingerprint density at radius 1 is 1.10 bits per heavy atom. The van der Waals surface area contributed by atoms with Gasteiger partial charge in [0, 0.05) is 18.7 Å². The SMILES string of the molecule is CCc1ccc(C(N)=O)c(CC)c1-c1ccc2ncc(N3CCOCC3)nc2c1. The maximum atomic E-state index is 12.0. The fourth-order valence-electron chi connectivity index (χ4n) is 4.05. The zero-order valence-corrected chi connectivity index (χ0v) is 16.9. The highest BCUT2D eigenvalue weighted by Gasteiger charge is 2.18. The van der Waals surface area contributed by atoms with E-state index in [0.29, 0.717) is 18.8 Å². The van der Waals surface area contributed by atoms with Crippen LogP contribution in [-0.2, 0) is 17.6 Å². The monoisotopic (exact) mass is 390 g/mol. The lowest BCUT2D eigenvalue weighted by atomic mass is 9.88. The average Bonchev–Trinajstić information content (AvgIpc) is 2.77. The molecule has 0 aliphatic carbocycles. The second kappa shape index (κ2) is 8.17. The number of carbonyl (C=O) groups is 1. The number of aryl methyl sites for hydroxylation is 1. The van der Waals surface area contributed by atoms with Crippen molar-refractivity contribution in [3.05, 3.63) is 53.2 Å². The van der Waals surface area contributed by atoms with Crippen molar-refractivity contribution in [1.82, 2.24) is 9.97 Å². The summed E-state index contributed by atoms with van der Waals surface area (Å²) < 4.78 is 5.44. The zero-order chi connectivity index (χ0) is 20.4. The second-order valence-electron chi connectivity index (χ2n) is 7.23. The smallest absolute Gasteiger partial charge is 0.248 e. The molecule has 0 atom stereocenters. The first-order valence-electron chi connectivity index (χ1n) is 10.2. The highest BCUT2D eigenvalue weighted by molar-refractivity contribution is 5.97. The Morgan fingerprint density at radius 3 is 2.59 bits per heavy atom. The largest absolute Gasteiger partial charge is 0.378 e. The summed E-state index contributed by atoms with van der Waals surface area (Å²) in [6, 6.07) is 9.99. The van der Waals surface area contributed by atoms with Gasteiger partial charge in [0.15, 0.2) is 0 Å². The molecule has 2 N–H and O–H groups in total. The number of benzene rings is 2. The first-order valence-corrected chi connectivity index (χ1v) is 10.2. The maximum Gasteiger partial charge on any atom is 0.248 e. The van der Waals surface area contributed by atoms with Gasteiger partial charge >= 0.3 is 0 Å². The Kier molecular flexibility index (Phi) is 5.45. The summed E-state index contributed by atoms with van der Waals surface area (Å²) in [7, 11) is 0. The Bertz CT molecular complexity index is 1060. The highest BCUT2D eigenvalue weighted by atomic mass is 16.5. The number of ether oxygens (including phenoxy) is 1. The number of anilines is 1. The molecule has 1 saturated heterocycles. The van der Waals surface area contributed by atoms with E-state index in [1.807, 2.05) is 24.4 Å². The van der Waals surface area contributed by atoms with Crippen LogP contribution in [0.15, 0.2) is 36.5 Å². The van der Waals surface area contributed by atoms with E-state index in [1.165, 1.54) is 5.56 Å². The van der Waals surface area contributed by atoms with Crippen LogP contribution in [0.25, 0.3) is 22.2 Å². The van der Waals surface area contributed by atoms with Gasteiger partial charge in [0.2, 0.25) is 5.91 Å². The first-order chi connectivity index (χ1) is 14.1. The molecular formula is C23H26N4O2. The molecule has 1 amide bonds. The van der Waals surface area contributed by atoms with Crippen molar-refractivity contribution in [2.45, 2.75) is 26.7 Å². The van der Waals surface area contributed by atoms with Crippen molar-refractivity contribution >= 4 is 22.8 Å². The van der Waals surface area contributed by atoms with Crippen LogP contribution in [0.5, 0.6) is 0 Å². The molecule has 0 radical (unpaired) electrons. The van der Waals surface area contributed by atoms with Crippen LogP contribution >= 0.6 is 0 Å². The molecule has 3 aromatic rings. The van der Waals surface area contributed by atoms with Gasteiger partial charge in [0.05, 0.1) is 30.4 Å². The molecule has 0 spiro atoms. The van der Waals surface area contributed by atoms with Gasteiger partial charge in [-0.25, -0.2) is 4.98 Å². The van der Waals surface area contributed by atoms with E-state index in [0.717, 1.165) is 59.5 Å². The first kappa shape index (κ1) is 19.3. The predicted molar refractivity (Wildman–Crippen MR) is 115 cm³/mol. The van der Waals surface area contributed by atoms with Crippen molar-refractivity contribution in [1.29, 1.82) is 0 Å². The van der Waals surface area contributed by atoms with E-state index in [2.05, 4.69) is 35.9 Å². The number of morpholine rings is 1. The van der Waals surface area contributed by atoms with Gasteiger partial charge in [-0.3, -0.25) is 9.78 Å². The topological polar surface area (TPSA) is 81.3 Å². The summed E-state index contributed by atoms with van der Waals surface area (Å²) in [4.78, 5) is 23.7. The van der Waals surface area contributed by atoms with E-state index in [9.17, 15) is 4.79 Å². The molecule has 2 aromatic carbocycles. The summed E-state index contributed by atoms with van der Waals surface area (Å²) in [5, 5.41) is 0. The van der Waals surface area contributed by atoms with Crippen molar-refractivity contribution in [2.24, 2.45) is 5.73 Å². The normalized spacial score (nSPS) is 14.3. The summed E-state index contributed by atoms with van der Waals surface area (Å²) in [6.45, 7) is 7.24. The molecule has 4 rings (SSSR count). The molecule has 0 saturated carbocycles. The maximum absolute atomic E-state index is 12.0. The molecule has 150 valence electrons. The number of fused-ring (bicyclic) bond motifs is 1. The highest BCUT2D eigenvalue weighted by Crippen LogP contribution is 2.33. The van der Waals surface area contributed by atoms with Gasteiger partial charge in [-0.05, 0) is 53.3 Å². The summed E-state index contributed by atoms with van der Waals surface area (Å²) >= 11 is 0. The van der Waals surface area contributed by atoms with Gasteiger partial charge in [-0.15, -0.1) is 0 Å². The summed E-state index contributed by atoms with van der Waals surface area (Å²) in [5.74, 6) is 0.483. The molecule has 29 heavy (non-hydrogen) atoms. The van der Waals surface area contributed by atoms with E-state index >= 15 is 0 Å². The van der Waals surface area contributed by atoms with Crippen LogP contribution in [0.4, 0.5) is 5.82 Å². The van der Waals surface area contributed by atoms with Crippen LogP contribution in [0.2, 0.25) is 0 Å². The lowest BCUT2D eigenvalue weighted by Gasteiger charge is -2.27. The van der Waals surface area contributed by atoms with Gasteiger partial charge in [-0.2, -0.15) is 0 Å². The number of aromatic nitrogens is 2. The van der Waals surface area contributed by atoms with Crippen LogP contribution in [0.3, 0.4) is 0 Å². The van der Waals surface area contributed by atoms with Crippen molar-refractivity contribution in [3.8, 4) is 11.1 Å². The molecule has 6 nitrogen and oxygen atoms in total. The molecule has 1 aliphatic rings. The lowest BCUT2D eigenvalue weighted by Crippen LogP contribution is -2.36. The van der Waals surface area contributed by atoms with Gasteiger partial charge in [0.25, 0.3) is 0 Å². The number of carbonyl (C=O) groups excluding carboxylic acids is 1. The minimum absolute atomic E-state index is 0.388. The second-order valence-corrected chi connectivity index (χ2v) is 7.23. The number of amides is 1. The Morgan fingerprint density at radius 2 is 1.90 bits per heavy atom. The number of hydrogen-bond acceptors (Lipinski definition) is 5. The molecular weight excluding hydrogens is 364 g/mol. The van der Waals surface area contributed by atoms with Crippen LogP contribution in [-0.4, -0.2) is 42.2 Å². The lowest BCUT2D eigenvalue weighted by molar-refractivity contribution is 0.0999. The zero-order valence-electron chi connectivity index (χ0n) is 16.9. The van der Waals surface area contributed by atoms with E-state index < -0.39 is 0 Å². The Balaban J connectivity index is 1.85. The molecule has 6 heteroatoms. The fourth-order valence-corrected chi connectivity index (χ4v) is 4.05. The molecule has 1 aliphatic heterocycles. The molecule has 2 heterocycles. The standard InChI is InChI=1S/C23H26N4O2/c1-3-15-5-7-18(23(24)28)17(4-2)22(15)16-6-8-19-20(13-16)26-21(14-25-19)27-9-11-29-12-10-27/h5-8,13-14H,3-4,9-12H2,1-2H3,(H2,24,28). The van der Waals surface area contributed by atoms with E-state index in [1.54, 1.807) is 0 Å². The van der Waals surface area contributed by atoms with Crippen LogP contribution in [0.1, 0.15) is 35.3 Å². The third kappa shape index (κ3) is 3.68. The third-order valence-corrected chi connectivity index (χ3v) is 5.55. The molecule has 0 bridgehead atoms. The van der Waals surface area contributed by atoms with Crippen molar-refractivity contribution in [2.75, 3.05) is 31.2 Å². The van der Waals surface area contributed by atoms with Gasteiger partial charge in [-0.1, -0.05) is 26.0 Å².